The van der Waals surface area contributed by atoms with E-state index in [2.05, 4.69) is 59.6 Å². The topological polar surface area (TPSA) is 29.3 Å². The molecule has 108 valence electrons. The fraction of sp³-hybridized carbons (Fsp3) is 0.647. The fourth-order valence-corrected chi connectivity index (χ4v) is 2.41. The van der Waals surface area contributed by atoms with E-state index >= 15 is 0 Å². The Kier molecular flexibility index (Phi) is 5.17. The van der Waals surface area contributed by atoms with Gasteiger partial charge in [0.25, 0.3) is 0 Å². The number of rotatable bonds is 5. The number of benzene rings is 1. The van der Waals surface area contributed by atoms with Crippen LogP contribution in [0.3, 0.4) is 0 Å². The molecule has 0 aliphatic rings. The first-order valence-electron chi connectivity index (χ1n) is 7.18. The summed E-state index contributed by atoms with van der Waals surface area (Å²) in [6.45, 7) is 15.0. The van der Waals surface area contributed by atoms with E-state index in [0.29, 0.717) is 6.54 Å². The predicted molar refractivity (Wildman–Crippen MR) is 84.9 cm³/mol. The Hall–Kier alpha value is -0.860. The minimum atomic E-state index is 0.0701. The first-order chi connectivity index (χ1) is 8.70. The lowest BCUT2D eigenvalue weighted by Crippen LogP contribution is -2.47. The fourth-order valence-electron chi connectivity index (χ4n) is 2.41. The number of nitrogens with two attached hydrogens (primary N) is 1. The molecule has 1 aromatic rings. The van der Waals surface area contributed by atoms with Crippen molar-refractivity contribution >= 4 is 0 Å². The van der Waals surface area contributed by atoms with Crippen molar-refractivity contribution in [2.24, 2.45) is 5.73 Å². The summed E-state index contributed by atoms with van der Waals surface area (Å²) in [6.07, 6.45) is 1.10. The van der Waals surface area contributed by atoms with E-state index in [4.69, 9.17) is 5.73 Å². The first kappa shape index (κ1) is 16.2. The monoisotopic (exact) mass is 262 g/mol. The van der Waals surface area contributed by atoms with E-state index in [1.54, 1.807) is 0 Å². The molecular weight excluding hydrogens is 232 g/mol. The molecule has 0 fully saturated rings. The lowest BCUT2D eigenvalue weighted by molar-refractivity contribution is 0.166. The van der Waals surface area contributed by atoms with E-state index in [1.165, 1.54) is 27.8 Å². The smallest absolute Gasteiger partial charge is 0.0272 e. The zero-order chi connectivity index (χ0) is 14.8. The number of nitrogens with zero attached hydrogens (tertiary/aromatic N) is 1. The van der Waals surface area contributed by atoms with Gasteiger partial charge in [-0.25, -0.2) is 0 Å². The molecule has 0 aliphatic heterocycles. The van der Waals surface area contributed by atoms with Gasteiger partial charge in [-0.3, -0.25) is 4.90 Å². The normalized spacial score (nSPS) is 12.3. The highest BCUT2D eigenvalue weighted by Gasteiger charge is 2.21. The van der Waals surface area contributed by atoms with Gasteiger partial charge in [0.15, 0.2) is 0 Å². The van der Waals surface area contributed by atoms with Crippen molar-refractivity contribution in [3.05, 3.63) is 33.9 Å². The molecule has 0 spiro atoms. The van der Waals surface area contributed by atoms with Crippen LogP contribution in [0.25, 0.3) is 0 Å². The van der Waals surface area contributed by atoms with Gasteiger partial charge < -0.3 is 5.73 Å². The highest BCUT2D eigenvalue weighted by molar-refractivity contribution is 5.44. The van der Waals surface area contributed by atoms with Gasteiger partial charge in [-0.15, -0.1) is 0 Å². The summed E-state index contributed by atoms with van der Waals surface area (Å²) in [5.41, 5.74) is 13.1. The molecule has 0 heterocycles. The average Bonchev–Trinajstić information content (AvgIpc) is 2.36. The zero-order valence-corrected chi connectivity index (χ0v) is 13.7. The van der Waals surface area contributed by atoms with Crippen LogP contribution in [0, 0.1) is 27.7 Å². The Morgan fingerprint density at radius 1 is 1.05 bits per heavy atom. The maximum atomic E-state index is 5.84. The summed E-state index contributed by atoms with van der Waals surface area (Å²) in [5, 5.41) is 0. The molecule has 2 N–H and O–H groups in total. The van der Waals surface area contributed by atoms with Gasteiger partial charge in [-0.1, -0.05) is 6.07 Å². The van der Waals surface area contributed by atoms with Crippen LogP contribution in [0.1, 0.15) is 41.7 Å². The predicted octanol–water partition coefficient (Wildman–Crippen LogP) is 3.13. The summed E-state index contributed by atoms with van der Waals surface area (Å²) >= 11 is 0. The van der Waals surface area contributed by atoms with Gasteiger partial charge in [0, 0.05) is 18.6 Å². The van der Waals surface area contributed by atoms with Crippen LogP contribution in [0.2, 0.25) is 0 Å². The van der Waals surface area contributed by atoms with Gasteiger partial charge in [0.1, 0.15) is 0 Å². The van der Waals surface area contributed by atoms with Crippen LogP contribution in [0.15, 0.2) is 6.07 Å². The summed E-state index contributed by atoms with van der Waals surface area (Å²) < 4.78 is 0. The van der Waals surface area contributed by atoms with Crippen LogP contribution in [-0.4, -0.2) is 30.6 Å². The van der Waals surface area contributed by atoms with Crippen LogP contribution >= 0.6 is 0 Å². The molecule has 2 heteroatoms. The molecule has 0 saturated heterocycles. The second kappa shape index (κ2) is 6.06. The third kappa shape index (κ3) is 3.58. The third-order valence-corrected chi connectivity index (χ3v) is 4.75. The number of aryl methyl sites for hydroxylation is 2. The highest BCUT2D eigenvalue weighted by atomic mass is 15.2. The second-order valence-electron chi connectivity index (χ2n) is 6.43. The highest BCUT2D eigenvalue weighted by Crippen LogP contribution is 2.23. The molecule has 0 aromatic heterocycles. The van der Waals surface area contributed by atoms with E-state index in [-0.39, 0.29) is 5.54 Å². The summed E-state index contributed by atoms with van der Waals surface area (Å²) in [6, 6.07) is 2.29. The maximum Gasteiger partial charge on any atom is 0.0272 e. The summed E-state index contributed by atoms with van der Waals surface area (Å²) in [7, 11) is 2.17. The summed E-state index contributed by atoms with van der Waals surface area (Å²) in [4.78, 5) is 2.36. The lowest BCUT2D eigenvalue weighted by Gasteiger charge is -2.34. The van der Waals surface area contributed by atoms with Gasteiger partial charge in [0.05, 0.1) is 0 Å². The van der Waals surface area contributed by atoms with Gasteiger partial charge in [-0.05, 0) is 82.8 Å². The average molecular weight is 262 g/mol. The van der Waals surface area contributed by atoms with Gasteiger partial charge >= 0.3 is 0 Å². The molecule has 0 amide bonds. The largest absolute Gasteiger partial charge is 0.329 e. The molecule has 1 aromatic carbocycles. The number of hydrogen-bond donors (Lipinski definition) is 1. The van der Waals surface area contributed by atoms with E-state index < -0.39 is 0 Å². The van der Waals surface area contributed by atoms with Crippen LogP contribution in [0.4, 0.5) is 0 Å². The Bertz CT molecular complexity index is 421. The Labute approximate surface area is 119 Å². The Morgan fingerprint density at radius 2 is 1.53 bits per heavy atom. The summed E-state index contributed by atoms with van der Waals surface area (Å²) in [5.74, 6) is 0. The molecule has 0 saturated carbocycles. The minimum absolute atomic E-state index is 0.0701. The van der Waals surface area contributed by atoms with E-state index in [0.717, 1.165) is 13.0 Å². The third-order valence-electron chi connectivity index (χ3n) is 4.75. The molecule has 0 bridgehead atoms. The molecule has 0 aliphatic carbocycles. The SMILES string of the molecule is Cc1cc(C)c(C)c(CCN(C)C(C)(C)CN)c1C. The molecular formula is C17H30N2. The Morgan fingerprint density at radius 3 is 1.95 bits per heavy atom. The molecule has 0 unspecified atom stereocenters. The molecule has 1 rings (SSSR count). The molecule has 19 heavy (non-hydrogen) atoms. The zero-order valence-electron chi connectivity index (χ0n) is 13.7. The first-order valence-corrected chi connectivity index (χ1v) is 7.18. The van der Waals surface area contributed by atoms with Crippen molar-refractivity contribution < 1.29 is 0 Å². The van der Waals surface area contributed by atoms with Crippen molar-refractivity contribution in [3.8, 4) is 0 Å². The van der Waals surface area contributed by atoms with Crippen molar-refractivity contribution in [2.45, 2.75) is 53.5 Å². The van der Waals surface area contributed by atoms with Crippen molar-refractivity contribution in [1.29, 1.82) is 0 Å². The van der Waals surface area contributed by atoms with E-state index in [1.807, 2.05) is 0 Å². The second-order valence-corrected chi connectivity index (χ2v) is 6.43. The standard InChI is InChI=1S/C17H30N2/c1-12-10-13(2)15(4)16(14(12)3)8-9-19(7)17(5,6)11-18/h10H,8-9,11,18H2,1-7H3. The number of likely N-dealkylation sites (N-methyl/N-ethyl adjacent to an activating group) is 1. The lowest BCUT2D eigenvalue weighted by atomic mass is 9.92. The molecule has 0 atom stereocenters. The molecule has 2 nitrogen and oxygen atoms in total. The van der Waals surface area contributed by atoms with E-state index in [9.17, 15) is 0 Å². The van der Waals surface area contributed by atoms with Crippen LogP contribution in [0.5, 0.6) is 0 Å². The van der Waals surface area contributed by atoms with Gasteiger partial charge in [-0.2, -0.15) is 0 Å². The minimum Gasteiger partial charge on any atom is -0.329 e. The van der Waals surface area contributed by atoms with Crippen molar-refractivity contribution in [1.82, 2.24) is 4.90 Å². The van der Waals surface area contributed by atoms with Gasteiger partial charge in [0.2, 0.25) is 0 Å². The Balaban J connectivity index is 2.90. The van der Waals surface area contributed by atoms with Crippen LogP contribution < -0.4 is 5.73 Å². The van der Waals surface area contributed by atoms with Crippen LogP contribution in [-0.2, 0) is 6.42 Å². The maximum absolute atomic E-state index is 5.84. The number of hydrogen-bond acceptors (Lipinski definition) is 2. The quantitative estimate of drug-likeness (QED) is 0.883. The molecule has 0 radical (unpaired) electrons. The van der Waals surface area contributed by atoms with Crippen molar-refractivity contribution in [3.63, 3.8) is 0 Å². The van der Waals surface area contributed by atoms with Crippen molar-refractivity contribution in [2.75, 3.05) is 20.1 Å².